The number of fused-ring (bicyclic) bond motifs is 1. The van der Waals surface area contributed by atoms with Crippen molar-refractivity contribution >= 4 is 30.1 Å². The molecule has 1 unspecified atom stereocenters. The van der Waals surface area contributed by atoms with E-state index in [9.17, 15) is 4.79 Å². The van der Waals surface area contributed by atoms with Crippen LogP contribution >= 0.6 is 12.4 Å². The molecule has 0 spiro atoms. The Morgan fingerprint density at radius 1 is 1.32 bits per heavy atom. The van der Waals surface area contributed by atoms with E-state index in [1.807, 2.05) is 42.6 Å². The summed E-state index contributed by atoms with van der Waals surface area (Å²) in [5.41, 5.74) is 7.46. The molecule has 1 aromatic carbocycles. The van der Waals surface area contributed by atoms with Gasteiger partial charge in [0.05, 0.1) is 0 Å². The van der Waals surface area contributed by atoms with Gasteiger partial charge in [0.1, 0.15) is 5.54 Å². The number of para-hydroxylation sites is 1. The number of hydrogen-bond donors (Lipinski definition) is 3. The lowest BCUT2D eigenvalue weighted by Crippen LogP contribution is -2.52. The van der Waals surface area contributed by atoms with Crippen molar-refractivity contribution < 1.29 is 4.79 Å². The maximum absolute atomic E-state index is 11.6. The van der Waals surface area contributed by atoms with E-state index in [-0.39, 0.29) is 12.4 Å². The first-order valence-corrected chi connectivity index (χ1v) is 5.81. The molecule has 1 aliphatic rings. The molecule has 1 aliphatic heterocycles. The Labute approximate surface area is 119 Å². The van der Waals surface area contributed by atoms with Gasteiger partial charge in [-0.25, -0.2) is 0 Å². The molecule has 1 amide bonds. The summed E-state index contributed by atoms with van der Waals surface area (Å²) >= 11 is 0. The molecule has 1 aromatic rings. The third kappa shape index (κ3) is 2.80. The van der Waals surface area contributed by atoms with Crippen LogP contribution in [0, 0.1) is 0 Å². The maximum atomic E-state index is 11.6. The molecular formula is C14H18ClN3O. The number of hydrogen-bond acceptors (Lipinski definition) is 3. The zero-order valence-corrected chi connectivity index (χ0v) is 11.8. The van der Waals surface area contributed by atoms with Crippen LogP contribution in [-0.4, -0.2) is 18.5 Å². The summed E-state index contributed by atoms with van der Waals surface area (Å²) in [7, 11) is 1.72. The highest BCUT2D eigenvalue weighted by atomic mass is 35.5. The average molecular weight is 280 g/mol. The quantitative estimate of drug-likeness (QED) is 0.792. The summed E-state index contributed by atoms with van der Waals surface area (Å²) in [5, 5.41) is 6.17. The van der Waals surface area contributed by atoms with Crippen LogP contribution in [0.5, 0.6) is 0 Å². The van der Waals surface area contributed by atoms with Crippen LogP contribution in [-0.2, 0) is 4.79 Å². The van der Waals surface area contributed by atoms with Gasteiger partial charge in [-0.05, 0) is 31.2 Å². The number of primary amides is 1. The largest absolute Gasteiger partial charge is 0.368 e. The highest BCUT2D eigenvalue weighted by molar-refractivity contribution is 5.90. The van der Waals surface area contributed by atoms with E-state index in [0.717, 1.165) is 16.8 Å². The number of likely N-dealkylation sites (N-methyl/N-ethyl adjacent to an activating group) is 1. The summed E-state index contributed by atoms with van der Waals surface area (Å²) in [6.45, 7) is 1.77. The van der Waals surface area contributed by atoms with Crippen molar-refractivity contribution in [3.05, 3.63) is 47.7 Å². The predicted molar refractivity (Wildman–Crippen MR) is 81.1 cm³/mol. The molecule has 0 fully saturated rings. The molecule has 2 rings (SSSR count). The van der Waals surface area contributed by atoms with E-state index in [1.165, 1.54) is 0 Å². The van der Waals surface area contributed by atoms with Crippen LogP contribution in [0.3, 0.4) is 0 Å². The minimum atomic E-state index is -0.883. The SMILES string of the molecule is CNC(C)(C(N)=O)C1=CNc2ccccc2C=C1.Cl. The van der Waals surface area contributed by atoms with E-state index < -0.39 is 11.4 Å². The number of anilines is 1. The highest BCUT2D eigenvalue weighted by Gasteiger charge is 2.32. The average Bonchev–Trinajstić information content (AvgIpc) is 2.60. The summed E-state index contributed by atoms with van der Waals surface area (Å²) in [4.78, 5) is 11.6. The number of nitrogens with two attached hydrogens (primary N) is 1. The Morgan fingerprint density at radius 2 is 2.00 bits per heavy atom. The fourth-order valence-corrected chi connectivity index (χ4v) is 1.88. The van der Waals surface area contributed by atoms with Gasteiger partial charge < -0.3 is 16.4 Å². The molecule has 1 heterocycles. The standard InChI is InChI=1S/C14H17N3O.ClH/c1-14(16-2,13(15)18)11-8-7-10-5-3-4-6-12(10)17-9-11;/h3-9,16-17H,1-2H3,(H2,15,18);1H. The number of halogens is 1. The van der Waals surface area contributed by atoms with E-state index in [0.29, 0.717) is 0 Å². The van der Waals surface area contributed by atoms with E-state index in [1.54, 1.807) is 14.0 Å². The van der Waals surface area contributed by atoms with Gasteiger partial charge in [-0.2, -0.15) is 0 Å². The Hall–Kier alpha value is -1.78. The first-order valence-electron chi connectivity index (χ1n) is 5.81. The van der Waals surface area contributed by atoms with Crippen LogP contribution in [0.1, 0.15) is 12.5 Å². The van der Waals surface area contributed by atoms with Crippen molar-refractivity contribution in [2.45, 2.75) is 12.5 Å². The molecule has 0 saturated carbocycles. The third-order valence-electron chi connectivity index (χ3n) is 3.36. The Balaban J connectivity index is 0.00000180. The predicted octanol–water partition coefficient (Wildman–Crippen LogP) is 1.89. The summed E-state index contributed by atoms with van der Waals surface area (Å²) in [6.07, 6.45) is 5.68. The Kier molecular flexibility index (Phi) is 4.75. The molecule has 4 nitrogen and oxygen atoms in total. The maximum Gasteiger partial charge on any atom is 0.242 e. The van der Waals surface area contributed by atoms with Gasteiger partial charge in [0.25, 0.3) is 0 Å². The van der Waals surface area contributed by atoms with E-state index >= 15 is 0 Å². The van der Waals surface area contributed by atoms with Crippen LogP contribution in [0.4, 0.5) is 5.69 Å². The van der Waals surface area contributed by atoms with Crippen LogP contribution in [0.2, 0.25) is 0 Å². The molecule has 0 radical (unpaired) electrons. The second-order valence-electron chi connectivity index (χ2n) is 4.40. The topological polar surface area (TPSA) is 67.1 Å². The van der Waals surface area contributed by atoms with Gasteiger partial charge in [0, 0.05) is 11.9 Å². The van der Waals surface area contributed by atoms with Gasteiger partial charge in [0.15, 0.2) is 0 Å². The fraction of sp³-hybridized carbons (Fsp3) is 0.214. The van der Waals surface area contributed by atoms with Crippen molar-refractivity contribution in [3.63, 3.8) is 0 Å². The lowest BCUT2D eigenvalue weighted by molar-refractivity contribution is -0.122. The second kappa shape index (κ2) is 5.91. The van der Waals surface area contributed by atoms with E-state index in [4.69, 9.17) is 5.73 Å². The third-order valence-corrected chi connectivity index (χ3v) is 3.36. The van der Waals surface area contributed by atoms with E-state index in [2.05, 4.69) is 10.6 Å². The molecule has 0 saturated heterocycles. The number of nitrogens with one attached hydrogen (secondary N) is 2. The molecule has 102 valence electrons. The molecule has 4 N–H and O–H groups in total. The Bertz CT molecular complexity index is 539. The van der Waals surface area contributed by atoms with Crippen molar-refractivity contribution in [2.75, 3.05) is 12.4 Å². The number of carbonyl (C=O) groups is 1. The van der Waals surface area contributed by atoms with Crippen LogP contribution < -0.4 is 16.4 Å². The van der Waals surface area contributed by atoms with Gasteiger partial charge in [-0.15, -0.1) is 12.4 Å². The van der Waals surface area contributed by atoms with Gasteiger partial charge >= 0.3 is 0 Å². The normalized spacial score (nSPS) is 16.0. The highest BCUT2D eigenvalue weighted by Crippen LogP contribution is 2.25. The minimum Gasteiger partial charge on any atom is -0.368 e. The number of amides is 1. The monoisotopic (exact) mass is 279 g/mol. The first-order chi connectivity index (χ1) is 8.58. The fourth-order valence-electron chi connectivity index (χ4n) is 1.88. The van der Waals surface area contributed by atoms with Crippen LogP contribution in [0.25, 0.3) is 6.08 Å². The molecule has 0 bridgehead atoms. The molecule has 1 atom stereocenters. The second-order valence-corrected chi connectivity index (χ2v) is 4.40. The zero-order chi connectivity index (χ0) is 13.2. The summed E-state index contributed by atoms with van der Waals surface area (Å²) < 4.78 is 0. The van der Waals surface area contributed by atoms with Crippen molar-refractivity contribution in [3.8, 4) is 0 Å². The van der Waals surface area contributed by atoms with Crippen molar-refractivity contribution in [1.29, 1.82) is 0 Å². The lowest BCUT2D eigenvalue weighted by atomic mass is 9.91. The van der Waals surface area contributed by atoms with Crippen LogP contribution in [0.15, 0.2) is 42.1 Å². The lowest BCUT2D eigenvalue weighted by Gasteiger charge is -2.26. The molecule has 0 aliphatic carbocycles. The van der Waals surface area contributed by atoms with Gasteiger partial charge in [0.2, 0.25) is 5.91 Å². The van der Waals surface area contributed by atoms with Crippen molar-refractivity contribution in [2.24, 2.45) is 5.73 Å². The number of benzene rings is 1. The number of rotatable bonds is 3. The number of carbonyl (C=O) groups excluding carboxylic acids is 1. The molecule has 5 heteroatoms. The smallest absolute Gasteiger partial charge is 0.242 e. The first kappa shape index (κ1) is 15.3. The molecule has 19 heavy (non-hydrogen) atoms. The summed E-state index contributed by atoms with van der Waals surface area (Å²) in [5.74, 6) is -0.409. The van der Waals surface area contributed by atoms with Gasteiger partial charge in [-0.3, -0.25) is 4.79 Å². The summed E-state index contributed by atoms with van der Waals surface area (Å²) in [6, 6.07) is 7.93. The van der Waals surface area contributed by atoms with Crippen molar-refractivity contribution in [1.82, 2.24) is 5.32 Å². The molecular weight excluding hydrogens is 262 g/mol. The van der Waals surface area contributed by atoms with Gasteiger partial charge in [-0.1, -0.05) is 30.4 Å². The molecule has 0 aromatic heterocycles. The Morgan fingerprint density at radius 3 is 2.63 bits per heavy atom. The zero-order valence-electron chi connectivity index (χ0n) is 10.9. The minimum absolute atomic E-state index is 0.